The number of rotatable bonds is 5. The summed E-state index contributed by atoms with van der Waals surface area (Å²) < 4.78 is 0. The summed E-state index contributed by atoms with van der Waals surface area (Å²) in [7, 11) is 0. The molecule has 1 rings (SSSR count). The SMILES string of the molecule is CCC(CC)(CC)NC(=O)N1C[C@@H](O)C[C@H]1C(=O)O. The lowest BCUT2D eigenvalue weighted by Crippen LogP contribution is -2.54. The molecule has 0 bridgehead atoms. The van der Waals surface area contributed by atoms with Crippen molar-refractivity contribution in [2.45, 2.75) is 64.1 Å². The van der Waals surface area contributed by atoms with E-state index in [4.69, 9.17) is 5.11 Å². The van der Waals surface area contributed by atoms with Crippen LogP contribution in [0.1, 0.15) is 46.5 Å². The van der Waals surface area contributed by atoms with Crippen LogP contribution < -0.4 is 5.32 Å². The van der Waals surface area contributed by atoms with Crippen LogP contribution in [0.5, 0.6) is 0 Å². The number of carboxylic acid groups (broad SMARTS) is 1. The third kappa shape index (κ3) is 3.37. The molecule has 6 heteroatoms. The van der Waals surface area contributed by atoms with Gasteiger partial charge in [0.1, 0.15) is 6.04 Å². The number of carbonyl (C=O) groups is 2. The number of aliphatic hydroxyl groups excluding tert-OH is 1. The lowest BCUT2D eigenvalue weighted by atomic mass is 9.90. The van der Waals surface area contributed by atoms with Gasteiger partial charge in [0.2, 0.25) is 0 Å². The minimum absolute atomic E-state index is 0.0794. The molecule has 1 aliphatic rings. The summed E-state index contributed by atoms with van der Waals surface area (Å²) in [4.78, 5) is 24.6. The molecule has 1 saturated heterocycles. The Labute approximate surface area is 113 Å². The van der Waals surface area contributed by atoms with Gasteiger partial charge in [-0.1, -0.05) is 20.8 Å². The number of β-amino-alcohol motifs (C(OH)–C–C–N with tert-alkyl or cyclic N) is 1. The van der Waals surface area contributed by atoms with Gasteiger partial charge >= 0.3 is 12.0 Å². The van der Waals surface area contributed by atoms with Crippen molar-refractivity contribution < 1.29 is 19.8 Å². The van der Waals surface area contributed by atoms with E-state index in [0.29, 0.717) is 0 Å². The van der Waals surface area contributed by atoms with Crippen LogP contribution in [-0.4, -0.2) is 51.3 Å². The standard InChI is InChI=1S/C13H24N2O4/c1-4-13(5-2,6-3)14-12(19)15-8-9(16)7-10(15)11(17)18/h9-10,16H,4-8H2,1-3H3,(H,14,19)(H,17,18)/t9-,10-/m0/s1. The van der Waals surface area contributed by atoms with Crippen molar-refractivity contribution in [1.29, 1.82) is 0 Å². The Morgan fingerprint density at radius 1 is 1.26 bits per heavy atom. The van der Waals surface area contributed by atoms with Gasteiger partial charge in [-0.05, 0) is 19.3 Å². The summed E-state index contributed by atoms with van der Waals surface area (Å²) >= 11 is 0. The second kappa shape index (κ2) is 6.23. The average molecular weight is 272 g/mol. The fourth-order valence-electron chi connectivity index (χ4n) is 2.59. The van der Waals surface area contributed by atoms with Gasteiger partial charge in [-0.15, -0.1) is 0 Å². The molecule has 1 fully saturated rings. The van der Waals surface area contributed by atoms with Gasteiger partial charge in [0, 0.05) is 18.5 Å². The Balaban J connectivity index is 2.79. The highest BCUT2D eigenvalue weighted by atomic mass is 16.4. The summed E-state index contributed by atoms with van der Waals surface area (Å²) in [5.41, 5.74) is -0.298. The van der Waals surface area contributed by atoms with Crippen LogP contribution >= 0.6 is 0 Å². The second-order valence-electron chi connectivity index (χ2n) is 5.17. The number of hydrogen-bond donors (Lipinski definition) is 3. The molecule has 6 nitrogen and oxygen atoms in total. The van der Waals surface area contributed by atoms with E-state index in [-0.39, 0.29) is 18.5 Å². The van der Waals surface area contributed by atoms with Gasteiger partial charge in [0.25, 0.3) is 0 Å². The molecule has 0 aromatic carbocycles. The predicted octanol–water partition coefficient (Wildman–Crippen LogP) is 1.18. The maximum Gasteiger partial charge on any atom is 0.326 e. The molecule has 1 heterocycles. The zero-order valence-electron chi connectivity index (χ0n) is 11.8. The number of nitrogens with zero attached hydrogens (tertiary/aromatic N) is 1. The van der Waals surface area contributed by atoms with Crippen LogP contribution in [-0.2, 0) is 4.79 Å². The van der Waals surface area contributed by atoms with E-state index >= 15 is 0 Å². The molecule has 0 radical (unpaired) electrons. The molecule has 2 amide bonds. The normalized spacial score (nSPS) is 23.5. The van der Waals surface area contributed by atoms with Crippen LogP contribution in [0.25, 0.3) is 0 Å². The first-order chi connectivity index (χ1) is 8.89. The molecular formula is C13H24N2O4. The van der Waals surface area contributed by atoms with Crippen molar-refractivity contribution in [2.75, 3.05) is 6.54 Å². The molecule has 0 aromatic rings. The van der Waals surface area contributed by atoms with Crippen LogP contribution in [0.4, 0.5) is 4.79 Å². The summed E-state index contributed by atoms with van der Waals surface area (Å²) in [6.07, 6.45) is 1.71. The molecule has 2 atom stereocenters. The van der Waals surface area contributed by atoms with E-state index < -0.39 is 24.1 Å². The number of carboxylic acids is 1. The molecular weight excluding hydrogens is 248 g/mol. The maximum absolute atomic E-state index is 12.2. The number of urea groups is 1. The molecule has 0 aromatic heterocycles. The minimum atomic E-state index is -1.07. The smallest absolute Gasteiger partial charge is 0.326 e. The van der Waals surface area contributed by atoms with E-state index in [2.05, 4.69) is 5.32 Å². The first-order valence-corrected chi connectivity index (χ1v) is 6.88. The van der Waals surface area contributed by atoms with E-state index in [1.54, 1.807) is 0 Å². The second-order valence-corrected chi connectivity index (χ2v) is 5.17. The van der Waals surface area contributed by atoms with Crippen LogP contribution in [0.2, 0.25) is 0 Å². The third-order valence-electron chi connectivity index (χ3n) is 4.23. The van der Waals surface area contributed by atoms with Crippen LogP contribution in [0.3, 0.4) is 0 Å². The summed E-state index contributed by atoms with van der Waals surface area (Å²) in [5, 5.41) is 21.6. The number of aliphatic hydroxyl groups is 1. The van der Waals surface area contributed by atoms with Crippen LogP contribution in [0.15, 0.2) is 0 Å². The van der Waals surface area contributed by atoms with E-state index in [1.807, 2.05) is 20.8 Å². The van der Waals surface area contributed by atoms with Crippen molar-refractivity contribution in [3.8, 4) is 0 Å². The Bertz CT molecular complexity index is 333. The summed E-state index contributed by atoms with van der Waals surface area (Å²) in [6.45, 7) is 6.08. The Morgan fingerprint density at radius 3 is 2.21 bits per heavy atom. The Kier molecular flexibility index (Phi) is 5.17. The monoisotopic (exact) mass is 272 g/mol. The van der Waals surface area contributed by atoms with E-state index in [9.17, 15) is 14.7 Å². The van der Waals surface area contributed by atoms with Gasteiger partial charge in [0.05, 0.1) is 6.10 Å². The van der Waals surface area contributed by atoms with Gasteiger partial charge in [-0.3, -0.25) is 0 Å². The molecule has 19 heavy (non-hydrogen) atoms. The molecule has 0 spiro atoms. The molecule has 0 saturated carbocycles. The largest absolute Gasteiger partial charge is 0.480 e. The Hall–Kier alpha value is -1.30. The zero-order valence-corrected chi connectivity index (χ0v) is 11.8. The van der Waals surface area contributed by atoms with Gasteiger partial charge < -0.3 is 20.4 Å². The molecule has 0 unspecified atom stereocenters. The fourth-order valence-corrected chi connectivity index (χ4v) is 2.59. The van der Waals surface area contributed by atoms with E-state index in [1.165, 1.54) is 4.90 Å². The Morgan fingerprint density at radius 2 is 1.79 bits per heavy atom. The van der Waals surface area contributed by atoms with Crippen molar-refractivity contribution in [2.24, 2.45) is 0 Å². The number of nitrogens with one attached hydrogen (secondary N) is 1. The number of likely N-dealkylation sites (tertiary alicyclic amines) is 1. The molecule has 110 valence electrons. The van der Waals surface area contributed by atoms with Crippen LogP contribution in [0, 0.1) is 0 Å². The topological polar surface area (TPSA) is 89.9 Å². The number of carbonyl (C=O) groups excluding carboxylic acids is 1. The average Bonchev–Trinajstić information content (AvgIpc) is 2.78. The highest BCUT2D eigenvalue weighted by Crippen LogP contribution is 2.23. The molecule has 1 aliphatic heterocycles. The van der Waals surface area contributed by atoms with Gasteiger partial charge in [-0.25, -0.2) is 9.59 Å². The summed E-state index contributed by atoms with van der Waals surface area (Å²) in [5.74, 6) is -1.07. The highest BCUT2D eigenvalue weighted by Gasteiger charge is 2.40. The van der Waals surface area contributed by atoms with Gasteiger partial charge in [-0.2, -0.15) is 0 Å². The lowest BCUT2D eigenvalue weighted by Gasteiger charge is -2.34. The summed E-state index contributed by atoms with van der Waals surface area (Å²) in [6, 6.07) is -1.33. The van der Waals surface area contributed by atoms with Crippen molar-refractivity contribution in [3.63, 3.8) is 0 Å². The first-order valence-electron chi connectivity index (χ1n) is 6.88. The molecule has 0 aliphatic carbocycles. The lowest BCUT2D eigenvalue weighted by molar-refractivity contribution is -0.141. The first kappa shape index (κ1) is 15.8. The maximum atomic E-state index is 12.2. The zero-order chi connectivity index (χ0) is 14.6. The van der Waals surface area contributed by atoms with Crippen molar-refractivity contribution >= 4 is 12.0 Å². The quantitative estimate of drug-likeness (QED) is 0.701. The third-order valence-corrected chi connectivity index (χ3v) is 4.23. The highest BCUT2D eigenvalue weighted by molar-refractivity contribution is 5.83. The molecule has 3 N–H and O–H groups in total. The van der Waals surface area contributed by atoms with Crippen molar-refractivity contribution in [1.82, 2.24) is 10.2 Å². The predicted molar refractivity (Wildman–Crippen MR) is 70.9 cm³/mol. The van der Waals surface area contributed by atoms with Crippen molar-refractivity contribution in [3.05, 3.63) is 0 Å². The minimum Gasteiger partial charge on any atom is -0.480 e. The number of hydrogen-bond acceptors (Lipinski definition) is 3. The fraction of sp³-hybridized carbons (Fsp3) is 0.846. The number of amides is 2. The van der Waals surface area contributed by atoms with Gasteiger partial charge in [0.15, 0.2) is 0 Å². The number of aliphatic carboxylic acids is 1. The van der Waals surface area contributed by atoms with E-state index in [0.717, 1.165) is 19.3 Å².